The van der Waals surface area contributed by atoms with Crippen LogP contribution < -0.4 is 5.32 Å². The summed E-state index contributed by atoms with van der Waals surface area (Å²) < 4.78 is 3.63. The molecule has 1 unspecified atom stereocenters. The van der Waals surface area contributed by atoms with Gasteiger partial charge in [-0.3, -0.25) is 4.79 Å². The minimum Gasteiger partial charge on any atom is -0.394 e. The van der Waals surface area contributed by atoms with Crippen LogP contribution in [0.25, 0.3) is 0 Å². The van der Waals surface area contributed by atoms with Crippen molar-refractivity contribution < 1.29 is 9.90 Å². The topological polar surface area (TPSA) is 75.1 Å². The number of benzene rings is 1. The number of aliphatic hydroxyl groups is 1. The summed E-state index contributed by atoms with van der Waals surface area (Å²) in [6, 6.07) is 9.38. The number of hydrogen-bond donors (Lipinski definition) is 2. The fourth-order valence-electron chi connectivity index (χ4n) is 1.58. The zero-order chi connectivity index (χ0) is 12.8. The number of amides is 1. The number of carbonyl (C=O) groups is 1. The van der Waals surface area contributed by atoms with E-state index >= 15 is 0 Å². The smallest absolute Gasteiger partial charge is 0.273 e. The Balaban J connectivity index is 1.96. The van der Waals surface area contributed by atoms with Crippen LogP contribution in [0.3, 0.4) is 0 Å². The molecule has 1 aromatic heterocycles. The van der Waals surface area contributed by atoms with Crippen LogP contribution in [0.4, 0.5) is 0 Å². The fraction of sp³-hybridized carbons (Fsp3) is 0.250. The van der Waals surface area contributed by atoms with Gasteiger partial charge in [0.25, 0.3) is 5.91 Å². The van der Waals surface area contributed by atoms with Gasteiger partial charge < -0.3 is 10.4 Å². The van der Waals surface area contributed by atoms with E-state index < -0.39 is 0 Å². The molecule has 0 spiro atoms. The molecule has 1 amide bonds. The lowest BCUT2D eigenvalue weighted by molar-refractivity contribution is 0.0911. The fourth-order valence-corrected chi connectivity index (χ4v) is 2.02. The van der Waals surface area contributed by atoms with Crippen LogP contribution in [-0.4, -0.2) is 33.2 Å². The van der Waals surface area contributed by atoms with E-state index in [4.69, 9.17) is 0 Å². The second-order valence-electron chi connectivity index (χ2n) is 3.83. The van der Waals surface area contributed by atoms with Crippen LogP contribution in [0.2, 0.25) is 0 Å². The van der Waals surface area contributed by atoms with E-state index in [1.54, 1.807) is 5.38 Å². The van der Waals surface area contributed by atoms with Gasteiger partial charge in [-0.2, -0.15) is 0 Å². The van der Waals surface area contributed by atoms with Crippen molar-refractivity contribution in [2.45, 2.75) is 12.5 Å². The van der Waals surface area contributed by atoms with Crippen molar-refractivity contribution in [3.05, 3.63) is 47.0 Å². The summed E-state index contributed by atoms with van der Waals surface area (Å²) in [5, 5.41) is 17.3. The molecule has 0 bridgehead atoms. The molecule has 18 heavy (non-hydrogen) atoms. The maximum Gasteiger partial charge on any atom is 0.273 e. The summed E-state index contributed by atoms with van der Waals surface area (Å²) in [6.07, 6.45) is 0.584. The lowest BCUT2D eigenvalue weighted by Gasteiger charge is -2.15. The molecule has 6 heteroatoms. The molecule has 0 aliphatic heterocycles. The van der Waals surface area contributed by atoms with Gasteiger partial charge in [-0.1, -0.05) is 34.8 Å². The third-order valence-electron chi connectivity index (χ3n) is 2.47. The first kappa shape index (κ1) is 12.7. The molecular formula is C12H13N3O2S. The highest BCUT2D eigenvalue weighted by molar-refractivity contribution is 7.03. The Morgan fingerprint density at radius 2 is 2.17 bits per heavy atom. The second kappa shape index (κ2) is 6.23. The molecule has 1 atom stereocenters. The zero-order valence-corrected chi connectivity index (χ0v) is 10.4. The quantitative estimate of drug-likeness (QED) is 0.839. The average Bonchev–Trinajstić information content (AvgIpc) is 2.93. The minimum absolute atomic E-state index is 0.113. The van der Waals surface area contributed by atoms with Gasteiger partial charge in [0.1, 0.15) is 0 Å². The Bertz CT molecular complexity index is 487. The van der Waals surface area contributed by atoms with Gasteiger partial charge in [-0.15, -0.1) is 5.10 Å². The molecule has 0 aliphatic carbocycles. The molecule has 0 fully saturated rings. The Hall–Kier alpha value is -1.79. The zero-order valence-electron chi connectivity index (χ0n) is 9.61. The molecule has 2 rings (SSSR count). The molecule has 0 radical (unpaired) electrons. The summed E-state index contributed by atoms with van der Waals surface area (Å²) in [6.45, 7) is -0.113. The van der Waals surface area contributed by atoms with Gasteiger partial charge in [0.2, 0.25) is 0 Å². The predicted octanol–water partition coefficient (Wildman–Crippen LogP) is 0.871. The van der Waals surface area contributed by atoms with E-state index in [-0.39, 0.29) is 24.2 Å². The van der Waals surface area contributed by atoms with Gasteiger partial charge in [-0.05, 0) is 23.5 Å². The number of nitrogens with zero attached hydrogens (tertiary/aromatic N) is 2. The lowest BCUT2D eigenvalue weighted by Crippen LogP contribution is -2.39. The highest BCUT2D eigenvalue weighted by atomic mass is 32.1. The van der Waals surface area contributed by atoms with Crippen molar-refractivity contribution in [2.75, 3.05) is 6.61 Å². The van der Waals surface area contributed by atoms with E-state index in [2.05, 4.69) is 14.9 Å². The second-order valence-corrected chi connectivity index (χ2v) is 4.44. The first-order valence-corrected chi connectivity index (χ1v) is 6.36. The molecule has 94 valence electrons. The average molecular weight is 263 g/mol. The Morgan fingerprint density at radius 1 is 1.39 bits per heavy atom. The summed E-state index contributed by atoms with van der Waals surface area (Å²) >= 11 is 1.12. The van der Waals surface area contributed by atoms with Crippen molar-refractivity contribution in [3.63, 3.8) is 0 Å². The summed E-state index contributed by atoms with van der Waals surface area (Å²) in [5.74, 6) is -0.307. The van der Waals surface area contributed by atoms with Crippen molar-refractivity contribution in [2.24, 2.45) is 0 Å². The van der Waals surface area contributed by atoms with Gasteiger partial charge in [-0.25, -0.2) is 0 Å². The van der Waals surface area contributed by atoms with Crippen LogP contribution in [0, 0.1) is 0 Å². The standard InChI is InChI=1S/C12H13N3O2S/c16-7-10(6-9-4-2-1-3-5-9)13-12(17)11-8-18-15-14-11/h1-5,8,10,16H,6-7H2,(H,13,17). The maximum atomic E-state index is 11.7. The lowest BCUT2D eigenvalue weighted by atomic mass is 10.1. The number of rotatable bonds is 5. The number of carbonyl (C=O) groups excluding carboxylic acids is 1. The van der Waals surface area contributed by atoms with Gasteiger partial charge in [0.15, 0.2) is 5.69 Å². The largest absolute Gasteiger partial charge is 0.394 e. The van der Waals surface area contributed by atoms with E-state index in [0.717, 1.165) is 17.1 Å². The maximum absolute atomic E-state index is 11.7. The molecule has 2 aromatic rings. The minimum atomic E-state index is -0.318. The third kappa shape index (κ3) is 3.35. The number of aromatic nitrogens is 2. The van der Waals surface area contributed by atoms with Crippen molar-refractivity contribution in [3.8, 4) is 0 Å². The molecule has 0 saturated carbocycles. The summed E-state index contributed by atoms with van der Waals surface area (Å²) in [5.41, 5.74) is 1.35. The van der Waals surface area contributed by atoms with Crippen LogP contribution in [0.5, 0.6) is 0 Å². The van der Waals surface area contributed by atoms with Crippen LogP contribution in [0.15, 0.2) is 35.7 Å². The number of nitrogens with one attached hydrogen (secondary N) is 1. The monoisotopic (exact) mass is 263 g/mol. The highest BCUT2D eigenvalue weighted by Gasteiger charge is 2.15. The summed E-state index contributed by atoms with van der Waals surface area (Å²) in [4.78, 5) is 11.7. The Kier molecular flexibility index (Phi) is 4.38. The first-order chi connectivity index (χ1) is 8.79. The van der Waals surface area contributed by atoms with Crippen molar-refractivity contribution in [1.29, 1.82) is 0 Å². The summed E-state index contributed by atoms with van der Waals surface area (Å²) in [7, 11) is 0. The molecule has 0 saturated heterocycles. The van der Waals surface area contributed by atoms with Gasteiger partial charge in [0.05, 0.1) is 12.6 Å². The number of aliphatic hydroxyl groups excluding tert-OH is 1. The van der Waals surface area contributed by atoms with E-state index in [1.807, 2.05) is 30.3 Å². The van der Waals surface area contributed by atoms with Crippen LogP contribution in [0.1, 0.15) is 16.1 Å². The third-order valence-corrected chi connectivity index (χ3v) is 2.98. The molecule has 0 aliphatic rings. The molecular weight excluding hydrogens is 250 g/mol. The normalized spacial score (nSPS) is 12.1. The van der Waals surface area contributed by atoms with Gasteiger partial charge >= 0.3 is 0 Å². The van der Waals surface area contributed by atoms with Crippen molar-refractivity contribution >= 4 is 17.4 Å². The molecule has 1 heterocycles. The van der Waals surface area contributed by atoms with E-state index in [9.17, 15) is 9.90 Å². The molecule has 1 aromatic carbocycles. The molecule has 2 N–H and O–H groups in total. The van der Waals surface area contributed by atoms with Crippen LogP contribution in [-0.2, 0) is 6.42 Å². The molecule has 5 nitrogen and oxygen atoms in total. The predicted molar refractivity (Wildman–Crippen MR) is 68.4 cm³/mol. The van der Waals surface area contributed by atoms with Crippen molar-refractivity contribution in [1.82, 2.24) is 14.9 Å². The SMILES string of the molecule is O=C(NC(CO)Cc1ccccc1)c1csnn1. The van der Waals surface area contributed by atoms with Crippen LogP contribution >= 0.6 is 11.5 Å². The first-order valence-electron chi connectivity index (χ1n) is 5.52. The Morgan fingerprint density at radius 3 is 2.78 bits per heavy atom. The number of hydrogen-bond acceptors (Lipinski definition) is 5. The van der Waals surface area contributed by atoms with E-state index in [1.165, 1.54) is 0 Å². The van der Waals surface area contributed by atoms with Gasteiger partial charge in [0, 0.05) is 5.38 Å². The Labute approximate surface area is 109 Å². The van der Waals surface area contributed by atoms with E-state index in [0.29, 0.717) is 6.42 Å². The highest BCUT2D eigenvalue weighted by Crippen LogP contribution is 2.04.